The molecule has 0 aliphatic carbocycles. The van der Waals surface area contributed by atoms with Crippen LogP contribution < -0.4 is 21.7 Å². The van der Waals surface area contributed by atoms with E-state index in [-0.39, 0.29) is 6.42 Å². The Labute approximate surface area is 183 Å². The highest BCUT2D eigenvalue weighted by Crippen LogP contribution is 2.19. The molecule has 1 aromatic carbocycles. The second-order valence-corrected chi connectivity index (χ2v) is 7.20. The maximum Gasteiger partial charge on any atom is 0.326 e. The van der Waals surface area contributed by atoms with E-state index in [1.165, 1.54) is 6.92 Å². The Morgan fingerprint density at radius 3 is 2.31 bits per heavy atom. The molecule has 12 nitrogen and oxygen atoms in total. The molecule has 3 amide bonds. The number of carbonyl (C=O) groups is 4. The summed E-state index contributed by atoms with van der Waals surface area (Å²) in [5.74, 6) is -3.90. The molecule has 174 valence electrons. The van der Waals surface area contributed by atoms with Crippen LogP contribution in [0, 0.1) is 0 Å². The first kappa shape index (κ1) is 24.8. The molecule has 0 spiro atoms. The molecule has 0 saturated heterocycles. The largest absolute Gasteiger partial charge is 0.480 e. The first-order valence-corrected chi connectivity index (χ1v) is 9.84. The first-order chi connectivity index (χ1) is 15.2. The van der Waals surface area contributed by atoms with E-state index < -0.39 is 61.1 Å². The van der Waals surface area contributed by atoms with Crippen LogP contribution in [0.5, 0.6) is 0 Å². The number of nitrogens with two attached hydrogens (primary N) is 1. The van der Waals surface area contributed by atoms with Crippen molar-refractivity contribution in [3.63, 3.8) is 0 Å². The molecule has 0 saturated carbocycles. The first-order valence-electron chi connectivity index (χ1n) is 9.84. The lowest BCUT2D eigenvalue weighted by Gasteiger charge is -2.24. The van der Waals surface area contributed by atoms with Crippen molar-refractivity contribution in [1.29, 1.82) is 0 Å². The van der Waals surface area contributed by atoms with Gasteiger partial charge in [-0.05, 0) is 18.6 Å². The van der Waals surface area contributed by atoms with Crippen LogP contribution in [0.4, 0.5) is 0 Å². The number of aliphatic hydroxyl groups is 2. The van der Waals surface area contributed by atoms with Gasteiger partial charge in [0.25, 0.3) is 0 Å². The lowest BCUT2D eigenvalue weighted by Crippen LogP contribution is -2.59. The van der Waals surface area contributed by atoms with E-state index in [0.29, 0.717) is 5.56 Å². The lowest BCUT2D eigenvalue weighted by atomic mass is 10.0. The number of H-pyrrole nitrogens is 1. The molecule has 0 fully saturated rings. The van der Waals surface area contributed by atoms with E-state index in [1.54, 1.807) is 12.3 Å². The average Bonchev–Trinajstić information content (AvgIpc) is 3.17. The summed E-state index contributed by atoms with van der Waals surface area (Å²) in [5.41, 5.74) is 6.65. The molecule has 4 atom stereocenters. The number of aromatic nitrogens is 1. The van der Waals surface area contributed by atoms with Crippen molar-refractivity contribution in [3.8, 4) is 0 Å². The highest BCUT2D eigenvalue weighted by molar-refractivity contribution is 5.94. The van der Waals surface area contributed by atoms with Crippen molar-refractivity contribution >= 4 is 34.6 Å². The predicted molar refractivity (Wildman–Crippen MR) is 113 cm³/mol. The van der Waals surface area contributed by atoms with Crippen LogP contribution in [0.2, 0.25) is 0 Å². The number of carboxylic acids is 1. The molecule has 2 rings (SSSR count). The molecule has 32 heavy (non-hydrogen) atoms. The zero-order chi connectivity index (χ0) is 23.8. The van der Waals surface area contributed by atoms with Gasteiger partial charge in [0.15, 0.2) is 0 Å². The topological polar surface area (TPSA) is 207 Å². The Balaban J connectivity index is 2.09. The average molecular weight is 449 g/mol. The van der Waals surface area contributed by atoms with Crippen molar-refractivity contribution < 1.29 is 34.5 Å². The van der Waals surface area contributed by atoms with Gasteiger partial charge in [-0.15, -0.1) is 0 Å². The summed E-state index contributed by atoms with van der Waals surface area (Å²) >= 11 is 0. The number of hydrogen-bond donors (Lipinski definition) is 8. The smallest absolute Gasteiger partial charge is 0.326 e. The fraction of sp³-hybridized carbons (Fsp3) is 0.400. The summed E-state index contributed by atoms with van der Waals surface area (Å²) in [6.07, 6.45) is 0.285. The molecular weight excluding hydrogens is 422 g/mol. The Morgan fingerprint density at radius 1 is 1.06 bits per heavy atom. The number of nitrogens with one attached hydrogen (secondary N) is 4. The van der Waals surface area contributed by atoms with E-state index in [1.807, 2.05) is 18.2 Å². The summed E-state index contributed by atoms with van der Waals surface area (Å²) in [5, 5.41) is 36.3. The summed E-state index contributed by atoms with van der Waals surface area (Å²) in [6.45, 7) is -0.0143. The van der Waals surface area contributed by atoms with Crippen LogP contribution in [0.1, 0.15) is 12.5 Å². The van der Waals surface area contributed by atoms with Gasteiger partial charge in [0.05, 0.1) is 19.3 Å². The lowest BCUT2D eigenvalue weighted by molar-refractivity contribution is -0.142. The summed E-state index contributed by atoms with van der Waals surface area (Å²) < 4.78 is 0. The maximum absolute atomic E-state index is 12.6. The summed E-state index contributed by atoms with van der Waals surface area (Å²) in [7, 11) is 0. The van der Waals surface area contributed by atoms with Gasteiger partial charge in [0, 0.05) is 23.5 Å². The number of fused-ring (bicyclic) bond motifs is 1. The molecule has 4 unspecified atom stereocenters. The van der Waals surface area contributed by atoms with Crippen LogP contribution in [-0.4, -0.2) is 81.4 Å². The molecule has 9 N–H and O–H groups in total. The SMILES string of the molecule is CC(O)C(NC(=O)CN)C(=O)NC(CO)C(=O)NC(Cc1c[nH]c2ccccc12)C(=O)O. The van der Waals surface area contributed by atoms with Crippen molar-refractivity contribution in [2.24, 2.45) is 5.73 Å². The number of rotatable bonds is 11. The number of hydrogen-bond acceptors (Lipinski definition) is 7. The third-order valence-corrected chi connectivity index (χ3v) is 4.80. The fourth-order valence-electron chi connectivity index (χ4n) is 3.09. The minimum absolute atomic E-state index is 0.0416. The number of aromatic amines is 1. The quantitative estimate of drug-likeness (QED) is 0.185. The highest BCUT2D eigenvalue weighted by atomic mass is 16.4. The van der Waals surface area contributed by atoms with Crippen LogP contribution in [0.15, 0.2) is 30.5 Å². The van der Waals surface area contributed by atoms with Crippen molar-refractivity contribution in [1.82, 2.24) is 20.9 Å². The van der Waals surface area contributed by atoms with Crippen molar-refractivity contribution in [2.45, 2.75) is 37.6 Å². The second kappa shape index (κ2) is 11.2. The van der Waals surface area contributed by atoms with Gasteiger partial charge in [0.2, 0.25) is 17.7 Å². The molecule has 0 radical (unpaired) electrons. The Hall–Kier alpha value is -3.48. The number of aliphatic hydroxyl groups excluding tert-OH is 2. The summed E-state index contributed by atoms with van der Waals surface area (Å²) in [6, 6.07) is 2.99. The molecule has 0 aliphatic heterocycles. The number of carbonyl (C=O) groups excluding carboxylic acids is 3. The zero-order valence-electron chi connectivity index (χ0n) is 17.4. The van der Waals surface area contributed by atoms with Crippen LogP contribution >= 0.6 is 0 Å². The predicted octanol–water partition coefficient (Wildman–Crippen LogP) is -2.42. The van der Waals surface area contributed by atoms with Gasteiger partial charge in [-0.2, -0.15) is 0 Å². The van der Waals surface area contributed by atoms with Gasteiger partial charge in [0.1, 0.15) is 18.1 Å². The molecule has 0 aliphatic rings. The molecule has 2 aromatic rings. The fourth-order valence-corrected chi connectivity index (χ4v) is 3.09. The van der Waals surface area contributed by atoms with Gasteiger partial charge in [-0.3, -0.25) is 14.4 Å². The molecule has 1 aromatic heterocycles. The van der Waals surface area contributed by atoms with Crippen LogP contribution in [0.25, 0.3) is 10.9 Å². The van der Waals surface area contributed by atoms with E-state index in [0.717, 1.165) is 10.9 Å². The van der Waals surface area contributed by atoms with E-state index >= 15 is 0 Å². The van der Waals surface area contributed by atoms with Gasteiger partial charge in [-0.1, -0.05) is 18.2 Å². The van der Waals surface area contributed by atoms with E-state index in [9.17, 15) is 34.5 Å². The molecule has 12 heteroatoms. The highest BCUT2D eigenvalue weighted by Gasteiger charge is 2.31. The van der Waals surface area contributed by atoms with Crippen molar-refractivity contribution in [3.05, 3.63) is 36.0 Å². The normalized spacial score (nSPS) is 14.8. The Bertz CT molecular complexity index is 974. The molecule has 0 bridgehead atoms. The monoisotopic (exact) mass is 449 g/mol. The van der Waals surface area contributed by atoms with Gasteiger partial charge < -0.3 is 42.0 Å². The minimum atomic E-state index is -1.51. The van der Waals surface area contributed by atoms with Crippen molar-refractivity contribution in [2.75, 3.05) is 13.2 Å². The number of carboxylic acid groups (broad SMARTS) is 1. The Morgan fingerprint density at radius 2 is 1.72 bits per heavy atom. The number of para-hydroxylation sites is 1. The number of aliphatic carboxylic acids is 1. The van der Waals surface area contributed by atoms with Gasteiger partial charge in [-0.25, -0.2) is 4.79 Å². The van der Waals surface area contributed by atoms with Crippen LogP contribution in [-0.2, 0) is 25.6 Å². The third kappa shape index (κ3) is 6.26. The maximum atomic E-state index is 12.6. The molecular formula is C20H27N5O7. The minimum Gasteiger partial charge on any atom is -0.480 e. The van der Waals surface area contributed by atoms with E-state index in [4.69, 9.17) is 5.73 Å². The summed E-state index contributed by atoms with van der Waals surface area (Å²) in [4.78, 5) is 51.2. The van der Waals surface area contributed by atoms with Gasteiger partial charge >= 0.3 is 5.97 Å². The zero-order valence-corrected chi connectivity index (χ0v) is 17.4. The van der Waals surface area contributed by atoms with E-state index in [2.05, 4.69) is 20.9 Å². The Kier molecular flexibility index (Phi) is 8.70. The molecule has 1 heterocycles. The number of benzene rings is 1. The third-order valence-electron chi connectivity index (χ3n) is 4.80. The standard InChI is InChI=1S/C20H27N5O7/c1-10(27)17(25-16(28)7-21)19(30)24-15(9-26)18(29)23-14(20(31)32)6-11-8-22-13-5-3-2-4-12(11)13/h2-5,8,10,14-15,17,22,26-27H,6-7,9,21H2,1H3,(H,23,29)(H,24,30)(H,25,28)(H,31,32). The second-order valence-electron chi connectivity index (χ2n) is 7.20. The number of amides is 3. The van der Waals surface area contributed by atoms with Crippen LogP contribution in [0.3, 0.4) is 0 Å².